The first kappa shape index (κ1) is 15.8. The van der Waals surface area contributed by atoms with Crippen LogP contribution in [0.25, 0.3) is 0 Å². The van der Waals surface area contributed by atoms with E-state index in [0.29, 0.717) is 23.0 Å². The van der Waals surface area contributed by atoms with Crippen molar-refractivity contribution in [2.24, 2.45) is 0 Å². The van der Waals surface area contributed by atoms with Gasteiger partial charge in [-0.25, -0.2) is 8.42 Å². The van der Waals surface area contributed by atoms with E-state index in [0.717, 1.165) is 5.56 Å². The van der Waals surface area contributed by atoms with Crippen LogP contribution in [0, 0.1) is 0 Å². The summed E-state index contributed by atoms with van der Waals surface area (Å²) in [5, 5.41) is 4.30. The molecular weight excluding hydrogens is 293 g/mol. The zero-order valence-corrected chi connectivity index (χ0v) is 12.7. The van der Waals surface area contributed by atoms with Crippen LogP contribution in [0.2, 0.25) is 10.0 Å². The first-order valence-electron chi connectivity index (χ1n) is 5.66. The van der Waals surface area contributed by atoms with Crippen LogP contribution >= 0.6 is 23.2 Å². The Hall–Kier alpha value is -0.290. The SMILES string of the molecule is CC(NCCCS(C)(=O)=O)c1cccc(Cl)c1Cl. The zero-order chi connectivity index (χ0) is 13.8. The standard InChI is InChI=1S/C12H17Cl2NO2S/c1-9(15-7-4-8-18(2,16)17)10-5-3-6-11(13)12(10)14/h3,5-6,9,15H,4,7-8H2,1-2H3. The number of hydrogen-bond donors (Lipinski definition) is 1. The highest BCUT2D eigenvalue weighted by molar-refractivity contribution is 7.90. The zero-order valence-electron chi connectivity index (χ0n) is 10.4. The molecule has 0 aliphatic carbocycles. The van der Waals surface area contributed by atoms with E-state index in [2.05, 4.69) is 5.32 Å². The lowest BCUT2D eigenvalue weighted by Gasteiger charge is -2.16. The minimum atomic E-state index is -2.89. The van der Waals surface area contributed by atoms with E-state index in [4.69, 9.17) is 23.2 Å². The molecule has 0 aliphatic heterocycles. The van der Waals surface area contributed by atoms with Gasteiger partial charge in [0, 0.05) is 12.3 Å². The molecule has 0 fully saturated rings. The van der Waals surface area contributed by atoms with Crippen molar-refractivity contribution in [3.05, 3.63) is 33.8 Å². The van der Waals surface area contributed by atoms with E-state index < -0.39 is 9.84 Å². The van der Waals surface area contributed by atoms with Crippen molar-refractivity contribution in [1.29, 1.82) is 0 Å². The predicted molar refractivity (Wildman–Crippen MR) is 77.2 cm³/mol. The Morgan fingerprint density at radius 2 is 2.00 bits per heavy atom. The Morgan fingerprint density at radius 1 is 1.33 bits per heavy atom. The van der Waals surface area contributed by atoms with E-state index in [1.807, 2.05) is 19.1 Å². The van der Waals surface area contributed by atoms with Crippen LogP contribution in [0.5, 0.6) is 0 Å². The average Bonchev–Trinajstić information content (AvgIpc) is 2.26. The van der Waals surface area contributed by atoms with Crippen LogP contribution in [0.1, 0.15) is 24.9 Å². The molecule has 0 aliphatic rings. The van der Waals surface area contributed by atoms with E-state index in [1.54, 1.807) is 6.07 Å². The summed E-state index contributed by atoms with van der Waals surface area (Å²) in [6, 6.07) is 5.53. The normalized spacial score (nSPS) is 13.6. The second-order valence-electron chi connectivity index (χ2n) is 4.30. The van der Waals surface area contributed by atoms with Gasteiger partial charge in [0.25, 0.3) is 0 Å². The second-order valence-corrected chi connectivity index (χ2v) is 7.35. The summed E-state index contributed by atoms with van der Waals surface area (Å²) >= 11 is 12.0. The predicted octanol–water partition coefficient (Wildman–Crippen LogP) is 3.08. The van der Waals surface area contributed by atoms with Crippen molar-refractivity contribution in [3.63, 3.8) is 0 Å². The minimum absolute atomic E-state index is 0.0377. The van der Waals surface area contributed by atoms with Gasteiger partial charge in [-0.15, -0.1) is 0 Å². The number of sulfone groups is 1. The molecular formula is C12H17Cl2NO2S. The molecule has 6 heteroatoms. The molecule has 0 bridgehead atoms. The smallest absolute Gasteiger partial charge is 0.147 e. The highest BCUT2D eigenvalue weighted by atomic mass is 35.5. The molecule has 1 aromatic carbocycles. The molecule has 0 aromatic heterocycles. The summed E-state index contributed by atoms with van der Waals surface area (Å²) in [7, 11) is -2.89. The van der Waals surface area contributed by atoms with E-state index in [-0.39, 0.29) is 11.8 Å². The second kappa shape index (κ2) is 6.75. The van der Waals surface area contributed by atoms with Crippen LogP contribution in [-0.2, 0) is 9.84 Å². The Labute approximate surface area is 118 Å². The van der Waals surface area contributed by atoms with Crippen molar-refractivity contribution in [2.45, 2.75) is 19.4 Å². The van der Waals surface area contributed by atoms with Gasteiger partial charge in [-0.2, -0.15) is 0 Å². The van der Waals surface area contributed by atoms with Crippen LogP contribution < -0.4 is 5.32 Å². The average molecular weight is 310 g/mol. The largest absolute Gasteiger partial charge is 0.310 e. The minimum Gasteiger partial charge on any atom is -0.310 e. The number of halogens is 2. The topological polar surface area (TPSA) is 46.2 Å². The van der Waals surface area contributed by atoms with Gasteiger partial charge in [0.15, 0.2) is 0 Å². The fourth-order valence-corrected chi connectivity index (χ4v) is 2.76. The molecule has 18 heavy (non-hydrogen) atoms. The molecule has 102 valence electrons. The molecule has 0 spiro atoms. The molecule has 0 radical (unpaired) electrons. The summed E-state index contributed by atoms with van der Waals surface area (Å²) in [4.78, 5) is 0. The highest BCUT2D eigenvalue weighted by Crippen LogP contribution is 2.29. The fourth-order valence-electron chi connectivity index (χ4n) is 1.62. The number of hydrogen-bond acceptors (Lipinski definition) is 3. The maximum atomic E-state index is 11.0. The number of nitrogens with one attached hydrogen (secondary N) is 1. The van der Waals surface area contributed by atoms with Crippen molar-refractivity contribution in [1.82, 2.24) is 5.32 Å². The van der Waals surface area contributed by atoms with Crippen LogP contribution in [-0.4, -0.2) is 27.0 Å². The number of rotatable bonds is 6. The van der Waals surface area contributed by atoms with E-state index >= 15 is 0 Å². The lowest BCUT2D eigenvalue weighted by molar-refractivity contribution is 0.562. The molecule has 3 nitrogen and oxygen atoms in total. The molecule has 1 unspecified atom stereocenters. The van der Waals surface area contributed by atoms with Gasteiger partial charge in [-0.3, -0.25) is 0 Å². The van der Waals surface area contributed by atoms with Gasteiger partial charge in [0.1, 0.15) is 9.84 Å². The summed E-state index contributed by atoms with van der Waals surface area (Å²) < 4.78 is 22.0. The van der Waals surface area contributed by atoms with Gasteiger partial charge < -0.3 is 5.32 Å². The summed E-state index contributed by atoms with van der Waals surface area (Å²) in [5.74, 6) is 0.190. The highest BCUT2D eigenvalue weighted by Gasteiger charge is 2.11. The Kier molecular flexibility index (Phi) is 5.92. The van der Waals surface area contributed by atoms with E-state index in [1.165, 1.54) is 6.26 Å². The third-order valence-electron chi connectivity index (χ3n) is 2.59. The molecule has 1 aromatic rings. The maximum Gasteiger partial charge on any atom is 0.147 e. The monoisotopic (exact) mass is 309 g/mol. The quantitative estimate of drug-likeness (QED) is 0.821. The van der Waals surface area contributed by atoms with Crippen LogP contribution in [0.4, 0.5) is 0 Å². The van der Waals surface area contributed by atoms with Crippen molar-refractivity contribution >= 4 is 33.0 Å². The van der Waals surface area contributed by atoms with Gasteiger partial charge in [-0.05, 0) is 31.5 Å². The summed E-state index contributed by atoms with van der Waals surface area (Å²) in [6.07, 6.45) is 1.83. The van der Waals surface area contributed by atoms with Gasteiger partial charge >= 0.3 is 0 Å². The van der Waals surface area contributed by atoms with Crippen molar-refractivity contribution < 1.29 is 8.42 Å². The lowest BCUT2D eigenvalue weighted by atomic mass is 10.1. The van der Waals surface area contributed by atoms with Crippen molar-refractivity contribution in [2.75, 3.05) is 18.6 Å². The third-order valence-corrected chi connectivity index (χ3v) is 4.45. The van der Waals surface area contributed by atoms with Gasteiger partial charge in [-0.1, -0.05) is 35.3 Å². The van der Waals surface area contributed by atoms with Crippen molar-refractivity contribution in [3.8, 4) is 0 Å². The maximum absolute atomic E-state index is 11.0. The Balaban J connectivity index is 2.51. The Bertz CT molecular complexity index is 503. The molecule has 0 saturated carbocycles. The van der Waals surface area contributed by atoms with E-state index in [9.17, 15) is 8.42 Å². The summed E-state index contributed by atoms with van der Waals surface area (Å²) in [5.41, 5.74) is 0.920. The molecule has 0 heterocycles. The van der Waals surface area contributed by atoms with Gasteiger partial charge in [0.05, 0.1) is 15.8 Å². The molecule has 1 rings (SSSR count). The lowest BCUT2D eigenvalue weighted by Crippen LogP contribution is -2.22. The molecule has 1 atom stereocenters. The fraction of sp³-hybridized carbons (Fsp3) is 0.500. The molecule has 0 amide bonds. The third kappa shape index (κ3) is 5.14. The van der Waals surface area contributed by atoms with Crippen LogP contribution in [0.3, 0.4) is 0 Å². The number of benzene rings is 1. The first-order chi connectivity index (χ1) is 8.31. The summed E-state index contributed by atoms with van der Waals surface area (Å²) in [6.45, 7) is 2.59. The van der Waals surface area contributed by atoms with Crippen LogP contribution in [0.15, 0.2) is 18.2 Å². The molecule has 0 saturated heterocycles. The first-order valence-corrected chi connectivity index (χ1v) is 8.48. The molecule has 1 N–H and O–H groups in total. The van der Waals surface area contributed by atoms with Gasteiger partial charge in [0.2, 0.25) is 0 Å². The Morgan fingerprint density at radius 3 is 2.61 bits per heavy atom.